The number of carbonyl (C=O) groups excluding carboxylic acids is 2. The van der Waals surface area contributed by atoms with Crippen LogP contribution in [-0.2, 0) is 19.1 Å². The van der Waals surface area contributed by atoms with E-state index in [2.05, 4.69) is 4.74 Å². The van der Waals surface area contributed by atoms with Gasteiger partial charge in [0.25, 0.3) is 0 Å². The standard InChI is InChI=1S/C9H18O2.C4H6O2.C2H6/c1-5-7-11-8(10)9(3,4)6-2;5-4-2-1-3-6-4;1-2/h5-7H2,1-4H3;1-3H2;1-2H3. The zero-order chi connectivity index (χ0) is 15.3. The van der Waals surface area contributed by atoms with Gasteiger partial charge in [-0.2, -0.15) is 0 Å². The molecule has 0 aliphatic carbocycles. The van der Waals surface area contributed by atoms with E-state index in [1.165, 1.54) is 0 Å². The first-order valence-corrected chi connectivity index (χ1v) is 7.27. The second-order valence-corrected chi connectivity index (χ2v) is 4.70. The fraction of sp³-hybridized carbons (Fsp3) is 0.867. The van der Waals surface area contributed by atoms with Crippen LogP contribution in [0.1, 0.15) is 67.2 Å². The predicted molar refractivity (Wildman–Crippen MR) is 76.9 cm³/mol. The van der Waals surface area contributed by atoms with E-state index in [1.807, 2.05) is 41.5 Å². The second kappa shape index (κ2) is 12.0. The van der Waals surface area contributed by atoms with E-state index in [-0.39, 0.29) is 17.4 Å². The molecule has 0 aromatic heterocycles. The van der Waals surface area contributed by atoms with Crippen LogP contribution in [0.5, 0.6) is 0 Å². The number of hydrogen-bond donors (Lipinski definition) is 0. The summed E-state index contributed by atoms with van der Waals surface area (Å²) in [6.07, 6.45) is 3.26. The summed E-state index contributed by atoms with van der Waals surface area (Å²) in [5.41, 5.74) is -0.310. The van der Waals surface area contributed by atoms with E-state index < -0.39 is 0 Å². The topological polar surface area (TPSA) is 52.6 Å². The van der Waals surface area contributed by atoms with Crippen LogP contribution in [0.2, 0.25) is 0 Å². The highest BCUT2D eigenvalue weighted by Gasteiger charge is 2.26. The highest BCUT2D eigenvalue weighted by molar-refractivity contribution is 5.75. The first-order chi connectivity index (χ1) is 8.94. The van der Waals surface area contributed by atoms with Gasteiger partial charge in [-0.05, 0) is 33.1 Å². The molecule has 4 heteroatoms. The van der Waals surface area contributed by atoms with Crippen molar-refractivity contribution in [3.8, 4) is 0 Å². The smallest absolute Gasteiger partial charge is 0.311 e. The van der Waals surface area contributed by atoms with Crippen molar-refractivity contribution in [3.63, 3.8) is 0 Å². The summed E-state index contributed by atoms with van der Waals surface area (Å²) in [5, 5.41) is 0. The average Bonchev–Trinajstić information content (AvgIpc) is 2.90. The molecule has 0 aromatic rings. The summed E-state index contributed by atoms with van der Waals surface area (Å²) < 4.78 is 9.52. The van der Waals surface area contributed by atoms with E-state index in [0.717, 1.165) is 19.3 Å². The third kappa shape index (κ3) is 10.5. The van der Waals surface area contributed by atoms with E-state index in [4.69, 9.17) is 4.74 Å². The molecule has 4 nitrogen and oxygen atoms in total. The summed E-state index contributed by atoms with van der Waals surface area (Å²) in [6, 6.07) is 0. The highest BCUT2D eigenvalue weighted by Crippen LogP contribution is 2.21. The molecule has 1 aliphatic rings. The molecule has 0 radical (unpaired) electrons. The van der Waals surface area contributed by atoms with E-state index in [0.29, 0.717) is 19.6 Å². The summed E-state index contributed by atoms with van der Waals surface area (Å²) in [7, 11) is 0. The van der Waals surface area contributed by atoms with Gasteiger partial charge in [0.15, 0.2) is 0 Å². The van der Waals surface area contributed by atoms with Crippen molar-refractivity contribution < 1.29 is 19.1 Å². The van der Waals surface area contributed by atoms with Gasteiger partial charge in [0.1, 0.15) is 0 Å². The van der Waals surface area contributed by atoms with Crippen molar-refractivity contribution in [2.75, 3.05) is 13.2 Å². The molecule has 1 rings (SSSR count). The van der Waals surface area contributed by atoms with Crippen LogP contribution in [-0.4, -0.2) is 25.2 Å². The minimum atomic E-state index is -0.310. The Morgan fingerprint density at radius 2 is 1.89 bits per heavy atom. The van der Waals surface area contributed by atoms with Gasteiger partial charge in [0, 0.05) is 6.42 Å². The number of hydrogen-bond acceptors (Lipinski definition) is 4. The lowest BCUT2D eigenvalue weighted by molar-refractivity contribution is -0.154. The fourth-order valence-corrected chi connectivity index (χ4v) is 1.01. The number of rotatable bonds is 4. The molecule has 114 valence electrons. The Kier molecular flexibility index (Phi) is 12.8. The number of ether oxygens (including phenoxy) is 2. The molecule has 0 atom stereocenters. The summed E-state index contributed by atoms with van der Waals surface area (Å²) in [6.45, 7) is 13.0. The first-order valence-electron chi connectivity index (χ1n) is 7.27. The van der Waals surface area contributed by atoms with Crippen molar-refractivity contribution in [2.45, 2.75) is 67.2 Å². The quantitative estimate of drug-likeness (QED) is 0.733. The van der Waals surface area contributed by atoms with Gasteiger partial charge in [-0.15, -0.1) is 0 Å². The Morgan fingerprint density at radius 3 is 2.16 bits per heavy atom. The third-order valence-electron chi connectivity index (χ3n) is 2.66. The maximum absolute atomic E-state index is 11.2. The molecular formula is C15H30O4. The third-order valence-corrected chi connectivity index (χ3v) is 2.66. The first kappa shape index (κ1) is 20.3. The normalized spacial score (nSPS) is 13.5. The van der Waals surface area contributed by atoms with Crippen molar-refractivity contribution >= 4 is 11.9 Å². The SMILES string of the molecule is CC.CCCOC(=O)C(C)(C)CC.O=C1CCCO1. The Balaban J connectivity index is 0. The molecule has 19 heavy (non-hydrogen) atoms. The number of cyclic esters (lactones) is 1. The lowest BCUT2D eigenvalue weighted by Gasteiger charge is -2.19. The molecule has 0 unspecified atom stereocenters. The van der Waals surface area contributed by atoms with Gasteiger partial charge in [-0.3, -0.25) is 9.59 Å². The second-order valence-electron chi connectivity index (χ2n) is 4.70. The number of carbonyl (C=O) groups is 2. The summed E-state index contributed by atoms with van der Waals surface area (Å²) in [5.74, 6) is -0.128. The molecule has 0 spiro atoms. The van der Waals surface area contributed by atoms with Crippen molar-refractivity contribution in [1.82, 2.24) is 0 Å². The minimum absolute atomic E-state index is 0.0463. The molecule has 0 N–H and O–H groups in total. The Labute approximate surface area is 117 Å². The molecule has 1 fully saturated rings. The molecular weight excluding hydrogens is 244 g/mol. The van der Waals surface area contributed by atoms with E-state index in [1.54, 1.807) is 0 Å². The van der Waals surface area contributed by atoms with Crippen molar-refractivity contribution in [2.24, 2.45) is 5.41 Å². The van der Waals surface area contributed by atoms with Gasteiger partial charge >= 0.3 is 11.9 Å². The van der Waals surface area contributed by atoms with Crippen molar-refractivity contribution in [3.05, 3.63) is 0 Å². The lowest BCUT2D eigenvalue weighted by Crippen LogP contribution is -2.25. The van der Waals surface area contributed by atoms with E-state index >= 15 is 0 Å². The highest BCUT2D eigenvalue weighted by atomic mass is 16.5. The monoisotopic (exact) mass is 274 g/mol. The molecule has 0 bridgehead atoms. The van der Waals surface area contributed by atoms with Gasteiger partial charge in [-0.1, -0.05) is 27.7 Å². The molecule has 0 saturated carbocycles. The predicted octanol–water partition coefficient (Wildman–Crippen LogP) is 3.73. The Hall–Kier alpha value is -1.06. The maximum Gasteiger partial charge on any atom is 0.311 e. The van der Waals surface area contributed by atoms with Crippen LogP contribution >= 0.6 is 0 Å². The summed E-state index contributed by atoms with van der Waals surface area (Å²) in [4.78, 5) is 21.3. The van der Waals surface area contributed by atoms with Crippen LogP contribution in [0.25, 0.3) is 0 Å². The zero-order valence-corrected chi connectivity index (χ0v) is 13.4. The molecule has 1 aliphatic heterocycles. The molecule has 1 saturated heterocycles. The van der Waals surface area contributed by atoms with Gasteiger partial charge < -0.3 is 9.47 Å². The minimum Gasteiger partial charge on any atom is -0.466 e. The van der Waals surface area contributed by atoms with Gasteiger partial charge in [-0.25, -0.2) is 0 Å². The van der Waals surface area contributed by atoms with Crippen LogP contribution in [0.3, 0.4) is 0 Å². The summed E-state index contributed by atoms with van der Waals surface area (Å²) >= 11 is 0. The van der Waals surface area contributed by atoms with Crippen molar-refractivity contribution in [1.29, 1.82) is 0 Å². The lowest BCUT2D eigenvalue weighted by atomic mass is 9.91. The zero-order valence-electron chi connectivity index (χ0n) is 13.4. The number of esters is 2. The molecule has 1 heterocycles. The van der Waals surface area contributed by atoms with Crippen LogP contribution in [0.4, 0.5) is 0 Å². The van der Waals surface area contributed by atoms with E-state index in [9.17, 15) is 9.59 Å². The average molecular weight is 274 g/mol. The van der Waals surface area contributed by atoms with Crippen LogP contribution < -0.4 is 0 Å². The Morgan fingerprint density at radius 1 is 1.32 bits per heavy atom. The molecule has 0 aromatic carbocycles. The fourth-order valence-electron chi connectivity index (χ4n) is 1.01. The Bertz CT molecular complexity index is 239. The largest absolute Gasteiger partial charge is 0.466 e. The van der Waals surface area contributed by atoms with Crippen LogP contribution in [0, 0.1) is 5.41 Å². The molecule has 0 amide bonds. The van der Waals surface area contributed by atoms with Gasteiger partial charge in [0.05, 0.1) is 18.6 Å². The van der Waals surface area contributed by atoms with Gasteiger partial charge in [0.2, 0.25) is 0 Å². The maximum atomic E-state index is 11.2. The van der Waals surface area contributed by atoms with Crippen LogP contribution in [0.15, 0.2) is 0 Å².